The van der Waals surface area contributed by atoms with Crippen molar-refractivity contribution in [3.8, 4) is 0 Å². The fourth-order valence-corrected chi connectivity index (χ4v) is 3.42. The van der Waals surface area contributed by atoms with E-state index in [0.29, 0.717) is 17.8 Å². The number of benzene rings is 1. The number of carbonyl (C=O) groups is 1. The number of hydrazine groups is 1. The van der Waals surface area contributed by atoms with E-state index in [1.807, 2.05) is 30.5 Å². The SMILES string of the molecule is Cc1ccc(C(=O)N(C)Cc2cc(Br)cs2)c(NN)c1. The highest BCUT2D eigenvalue weighted by Gasteiger charge is 2.16. The van der Waals surface area contributed by atoms with Gasteiger partial charge in [-0.05, 0) is 46.6 Å². The summed E-state index contributed by atoms with van der Waals surface area (Å²) in [6, 6.07) is 7.59. The number of nitrogens with two attached hydrogens (primary N) is 1. The number of nitrogens with zero attached hydrogens (tertiary/aromatic N) is 1. The molecule has 0 aliphatic heterocycles. The molecule has 1 aromatic heterocycles. The average Bonchev–Trinajstić information content (AvgIpc) is 2.83. The highest BCUT2D eigenvalue weighted by molar-refractivity contribution is 9.10. The Balaban J connectivity index is 2.18. The molecule has 0 fully saturated rings. The molecule has 1 heterocycles. The van der Waals surface area contributed by atoms with Crippen LogP contribution in [-0.2, 0) is 6.54 Å². The second-order valence-electron chi connectivity index (χ2n) is 4.59. The van der Waals surface area contributed by atoms with Crippen molar-refractivity contribution in [3.05, 3.63) is 50.1 Å². The number of nitrogens with one attached hydrogen (secondary N) is 1. The molecule has 1 aromatic carbocycles. The summed E-state index contributed by atoms with van der Waals surface area (Å²) in [7, 11) is 1.79. The number of nitrogen functional groups attached to an aromatic ring is 1. The quantitative estimate of drug-likeness (QED) is 0.654. The summed E-state index contributed by atoms with van der Waals surface area (Å²) in [5, 5.41) is 2.01. The highest BCUT2D eigenvalue weighted by atomic mass is 79.9. The molecule has 1 amide bonds. The van der Waals surface area contributed by atoms with Crippen molar-refractivity contribution in [2.75, 3.05) is 12.5 Å². The lowest BCUT2D eigenvalue weighted by Gasteiger charge is -2.18. The summed E-state index contributed by atoms with van der Waals surface area (Å²) in [6.45, 7) is 2.54. The third-order valence-electron chi connectivity index (χ3n) is 2.92. The zero-order chi connectivity index (χ0) is 14.7. The van der Waals surface area contributed by atoms with Crippen molar-refractivity contribution in [1.29, 1.82) is 0 Å². The van der Waals surface area contributed by atoms with Gasteiger partial charge in [0.25, 0.3) is 5.91 Å². The molecule has 0 aliphatic rings. The summed E-state index contributed by atoms with van der Waals surface area (Å²) < 4.78 is 1.04. The van der Waals surface area contributed by atoms with E-state index in [1.54, 1.807) is 29.4 Å². The summed E-state index contributed by atoms with van der Waals surface area (Å²) in [4.78, 5) is 15.3. The first-order chi connectivity index (χ1) is 9.51. The Bertz CT molecular complexity index is 627. The van der Waals surface area contributed by atoms with Crippen LogP contribution >= 0.6 is 27.3 Å². The van der Waals surface area contributed by atoms with Gasteiger partial charge in [0.05, 0.1) is 17.8 Å². The molecule has 0 spiro atoms. The number of carbonyl (C=O) groups excluding carboxylic acids is 1. The highest BCUT2D eigenvalue weighted by Crippen LogP contribution is 2.23. The number of amides is 1. The topological polar surface area (TPSA) is 58.4 Å². The van der Waals surface area contributed by atoms with Crippen molar-refractivity contribution >= 4 is 38.9 Å². The van der Waals surface area contributed by atoms with Crippen LogP contribution in [0.15, 0.2) is 34.1 Å². The maximum atomic E-state index is 12.5. The number of halogens is 1. The Labute approximate surface area is 130 Å². The lowest BCUT2D eigenvalue weighted by molar-refractivity contribution is 0.0787. The summed E-state index contributed by atoms with van der Waals surface area (Å²) in [5.74, 6) is 5.44. The van der Waals surface area contributed by atoms with Crippen molar-refractivity contribution in [2.24, 2.45) is 5.84 Å². The monoisotopic (exact) mass is 353 g/mol. The van der Waals surface area contributed by atoms with Gasteiger partial charge in [-0.3, -0.25) is 10.6 Å². The summed E-state index contributed by atoms with van der Waals surface area (Å²) >= 11 is 5.04. The molecule has 106 valence electrons. The summed E-state index contributed by atoms with van der Waals surface area (Å²) in [6.07, 6.45) is 0. The van der Waals surface area contributed by atoms with E-state index in [9.17, 15) is 4.79 Å². The Morgan fingerprint density at radius 3 is 2.80 bits per heavy atom. The van der Waals surface area contributed by atoms with Gasteiger partial charge in [0.1, 0.15) is 0 Å². The molecule has 6 heteroatoms. The Kier molecular flexibility index (Phi) is 4.80. The largest absolute Gasteiger partial charge is 0.336 e. The van der Waals surface area contributed by atoms with E-state index in [4.69, 9.17) is 5.84 Å². The van der Waals surface area contributed by atoms with Gasteiger partial charge in [-0.25, -0.2) is 0 Å². The van der Waals surface area contributed by atoms with Crippen LogP contribution in [0.3, 0.4) is 0 Å². The zero-order valence-corrected chi connectivity index (χ0v) is 13.7. The van der Waals surface area contributed by atoms with Gasteiger partial charge in [0.2, 0.25) is 0 Å². The minimum Gasteiger partial charge on any atom is -0.336 e. The zero-order valence-electron chi connectivity index (χ0n) is 11.3. The van der Waals surface area contributed by atoms with Gasteiger partial charge < -0.3 is 10.3 Å². The van der Waals surface area contributed by atoms with Crippen LogP contribution in [0.2, 0.25) is 0 Å². The normalized spacial score (nSPS) is 10.4. The molecular formula is C14H16BrN3OS. The van der Waals surface area contributed by atoms with E-state index in [1.165, 1.54) is 0 Å². The third kappa shape index (κ3) is 3.39. The molecule has 3 N–H and O–H groups in total. The van der Waals surface area contributed by atoms with Gasteiger partial charge in [-0.1, -0.05) is 6.07 Å². The molecular weight excluding hydrogens is 338 g/mol. The van der Waals surface area contributed by atoms with Crippen LogP contribution in [0, 0.1) is 6.92 Å². The molecule has 0 radical (unpaired) electrons. The molecule has 0 bridgehead atoms. The van der Waals surface area contributed by atoms with Crippen LogP contribution in [0.25, 0.3) is 0 Å². The molecule has 20 heavy (non-hydrogen) atoms. The third-order valence-corrected chi connectivity index (χ3v) is 4.60. The molecule has 4 nitrogen and oxygen atoms in total. The lowest BCUT2D eigenvalue weighted by atomic mass is 10.1. The van der Waals surface area contributed by atoms with Gasteiger partial charge >= 0.3 is 0 Å². The van der Waals surface area contributed by atoms with Crippen molar-refractivity contribution in [1.82, 2.24) is 4.90 Å². The number of hydrogen-bond donors (Lipinski definition) is 2. The van der Waals surface area contributed by atoms with E-state index in [0.717, 1.165) is 14.9 Å². The van der Waals surface area contributed by atoms with Crippen molar-refractivity contribution in [3.63, 3.8) is 0 Å². The predicted molar refractivity (Wildman–Crippen MR) is 86.8 cm³/mol. The standard InChI is InChI=1S/C14H16BrN3OS/c1-9-3-4-12(13(5-9)17-16)14(19)18(2)7-11-6-10(15)8-20-11/h3-6,8,17H,7,16H2,1-2H3. The van der Waals surface area contributed by atoms with E-state index in [-0.39, 0.29) is 5.91 Å². The van der Waals surface area contributed by atoms with E-state index in [2.05, 4.69) is 21.4 Å². The van der Waals surface area contributed by atoms with Crippen LogP contribution in [0.5, 0.6) is 0 Å². The Morgan fingerprint density at radius 2 is 2.20 bits per heavy atom. The average molecular weight is 354 g/mol. The number of hydrogen-bond acceptors (Lipinski definition) is 4. The number of rotatable bonds is 4. The smallest absolute Gasteiger partial charge is 0.256 e. The van der Waals surface area contributed by atoms with Crippen LogP contribution in [0.4, 0.5) is 5.69 Å². The fraction of sp³-hybridized carbons (Fsp3) is 0.214. The van der Waals surface area contributed by atoms with Gasteiger partial charge in [0, 0.05) is 21.8 Å². The minimum atomic E-state index is -0.0533. The van der Waals surface area contributed by atoms with Gasteiger partial charge in [-0.2, -0.15) is 0 Å². The molecule has 0 saturated carbocycles. The molecule has 0 aliphatic carbocycles. The summed E-state index contributed by atoms with van der Waals surface area (Å²) in [5.41, 5.74) is 4.87. The van der Waals surface area contributed by atoms with E-state index >= 15 is 0 Å². The molecule has 2 aromatic rings. The Hall–Kier alpha value is -1.37. The predicted octanol–water partition coefficient (Wildman–Crippen LogP) is 3.38. The van der Waals surface area contributed by atoms with Crippen LogP contribution in [-0.4, -0.2) is 17.9 Å². The van der Waals surface area contributed by atoms with E-state index < -0.39 is 0 Å². The first-order valence-electron chi connectivity index (χ1n) is 6.07. The first-order valence-corrected chi connectivity index (χ1v) is 7.74. The minimum absolute atomic E-state index is 0.0533. The Morgan fingerprint density at radius 1 is 1.45 bits per heavy atom. The molecule has 0 unspecified atom stereocenters. The molecule has 0 atom stereocenters. The fourth-order valence-electron chi connectivity index (χ4n) is 1.91. The van der Waals surface area contributed by atoms with Crippen molar-refractivity contribution in [2.45, 2.75) is 13.5 Å². The lowest BCUT2D eigenvalue weighted by Crippen LogP contribution is -2.27. The second kappa shape index (κ2) is 6.39. The maximum Gasteiger partial charge on any atom is 0.256 e. The molecule has 0 saturated heterocycles. The maximum absolute atomic E-state index is 12.5. The van der Waals surface area contributed by atoms with Crippen LogP contribution < -0.4 is 11.3 Å². The first kappa shape index (κ1) is 15.0. The van der Waals surface area contributed by atoms with Gasteiger partial charge in [-0.15, -0.1) is 11.3 Å². The number of anilines is 1. The molecule has 2 rings (SSSR count). The van der Waals surface area contributed by atoms with Crippen molar-refractivity contribution < 1.29 is 4.79 Å². The van der Waals surface area contributed by atoms with Gasteiger partial charge in [0.15, 0.2) is 0 Å². The second-order valence-corrected chi connectivity index (χ2v) is 6.50. The van der Waals surface area contributed by atoms with Crippen LogP contribution in [0.1, 0.15) is 20.8 Å². The number of aryl methyl sites for hydroxylation is 1. The number of thiophene rings is 1.